The van der Waals surface area contributed by atoms with Crippen molar-refractivity contribution in [3.05, 3.63) is 66.2 Å². The third-order valence-electron chi connectivity index (χ3n) is 3.05. The van der Waals surface area contributed by atoms with Crippen molar-refractivity contribution >= 4 is 15.6 Å². The molecule has 110 valence electrons. The van der Waals surface area contributed by atoms with Crippen LogP contribution in [0.25, 0.3) is 0 Å². The maximum absolute atomic E-state index is 12.4. The summed E-state index contributed by atoms with van der Waals surface area (Å²) in [5.74, 6) is -0.479. The highest BCUT2D eigenvalue weighted by Gasteiger charge is 2.33. The number of methoxy groups -OCH3 is 1. The van der Waals surface area contributed by atoms with E-state index in [2.05, 4.69) is 0 Å². The summed E-state index contributed by atoms with van der Waals surface area (Å²) < 4.78 is 29.9. The molecule has 2 aromatic carbocycles. The Morgan fingerprint density at radius 1 is 1.00 bits per heavy atom. The Balaban J connectivity index is 2.25. The molecule has 0 amide bonds. The van der Waals surface area contributed by atoms with Crippen LogP contribution in [0, 0.1) is 0 Å². The van der Waals surface area contributed by atoms with Gasteiger partial charge in [-0.15, -0.1) is 0 Å². The molecule has 0 aliphatic heterocycles. The molecule has 0 aromatic heterocycles. The molecule has 5 heteroatoms. The minimum absolute atomic E-state index is 0.0193. The van der Waals surface area contributed by atoms with Gasteiger partial charge in [0.2, 0.25) is 15.3 Å². The van der Waals surface area contributed by atoms with Crippen molar-refractivity contribution in [3.63, 3.8) is 0 Å². The number of hydrogen-bond acceptors (Lipinski definition) is 4. The first-order valence-electron chi connectivity index (χ1n) is 6.44. The highest BCUT2D eigenvalue weighted by atomic mass is 32.2. The van der Waals surface area contributed by atoms with Crippen LogP contribution < -0.4 is 0 Å². The van der Waals surface area contributed by atoms with Crippen LogP contribution >= 0.6 is 0 Å². The molecule has 4 nitrogen and oxygen atoms in total. The Kier molecular flexibility index (Phi) is 4.88. The van der Waals surface area contributed by atoms with Crippen molar-refractivity contribution in [3.8, 4) is 0 Å². The maximum Gasteiger partial charge on any atom is 0.221 e. The smallest absolute Gasteiger partial charge is 0.221 e. The van der Waals surface area contributed by atoms with Crippen molar-refractivity contribution in [2.24, 2.45) is 0 Å². The molecule has 1 unspecified atom stereocenters. The van der Waals surface area contributed by atoms with Crippen LogP contribution in [0.3, 0.4) is 0 Å². The summed E-state index contributed by atoms with van der Waals surface area (Å²) >= 11 is 0. The summed E-state index contributed by atoms with van der Waals surface area (Å²) in [6.07, 6.45) is 0.0193. The Hall–Kier alpha value is -1.98. The van der Waals surface area contributed by atoms with Gasteiger partial charge in [0.05, 0.1) is 4.90 Å². The number of carbonyl (C=O) groups is 1. The number of ether oxygens (including phenoxy) is 1. The summed E-state index contributed by atoms with van der Waals surface area (Å²) in [5.41, 5.74) is -0.729. The van der Waals surface area contributed by atoms with Crippen LogP contribution in [0.5, 0.6) is 0 Å². The molecule has 0 radical (unpaired) electrons. The average molecular weight is 304 g/mol. The third-order valence-corrected chi connectivity index (χ3v) is 5.00. The van der Waals surface area contributed by atoms with Gasteiger partial charge >= 0.3 is 0 Å². The van der Waals surface area contributed by atoms with E-state index in [0.717, 1.165) is 5.56 Å². The topological polar surface area (TPSA) is 60.4 Å². The second kappa shape index (κ2) is 6.65. The van der Waals surface area contributed by atoms with Crippen LogP contribution in [-0.2, 0) is 25.8 Å². The number of sulfone groups is 1. The highest BCUT2D eigenvalue weighted by molar-refractivity contribution is 7.92. The zero-order valence-corrected chi connectivity index (χ0v) is 12.4. The second-order valence-electron chi connectivity index (χ2n) is 4.55. The molecule has 1 atom stereocenters. The fourth-order valence-electron chi connectivity index (χ4n) is 2.05. The van der Waals surface area contributed by atoms with Gasteiger partial charge in [0.15, 0.2) is 5.78 Å². The molecule has 0 aliphatic rings. The van der Waals surface area contributed by atoms with Crippen LogP contribution in [0.1, 0.15) is 5.56 Å². The molecule has 0 spiro atoms. The van der Waals surface area contributed by atoms with Gasteiger partial charge in [-0.25, -0.2) is 8.42 Å². The summed E-state index contributed by atoms with van der Waals surface area (Å²) in [6.45, 7) is 0. The average Bonchev–Trinajstić information content (AvgIpc) is 2.49. The van der Waals surface area contributed by atoms with Gasteiger partial charge in [-0.3, -0.25) is 4.79 Å². The van der Waals surface area contributed by atoms with Crippen LogP contribution in [0.15, 0.2) is 65.6 Å². The molecule has 0 saturated heterocycles. The first kappa shape index (κ1) is 15.4. The van der Waals surface area contributed by atoms with Gasteiger partial charge in [-0.2, -0.15) is 0 Å². The Bertz CT molecular complexity index is 694. The number of carbonyl (C=O) groups excluding carboxylic acids is 1. The zero-order valence-electron chi connectivity index (χ0n) is 11.6. The van der Waals surface area contributed by atoms with Gasteiger partial charge in [0.25, 0.3) is 0 Å². The molecule has 0 heterocycles. The van der Waals surface area contributed by atoms with E-state index in [0.29, 0.717) is 0 Å². The zero-order chi connectivity index (χ0) is 15.3. The van der Waals surface area contributed by atoms with E-state index in [1.165, 1.54) is 19.2 Å². The highest BCUT2D eigenvalue weighted by Crippen LogP contribution is 2.18. The van der Waals surface area contributed by atoms with Gasteiger partial charge in [0, 0.05) is 13.5 Å². The molecule has 2 aromatic rings. The SMILES string of the molecule is COC(C(=O)Cc1ccccc1)S(=O)(=O)c1ccccc1. The minimum atomic E-state index is -3.84. The van der Waals surface area contributed by atoms with E-state index in [1.807, 2.05) is 6.07 Å². The molecule has 2 rings (SSSR count). The normalized spacial score (nSPS) is 12.8. The predicted molar refractivity (Wildman–Crippen MR) is 79.6 cm³/mol. The Morgan fingerprint density at radius 2 is 1.52 bits per heavy atom. The fourth-order valence-corrected chi connectivity index (χ4v) is 3.51. The van der Waals surface area contributed by atoms with Crippen molar-refractivity contribution < 1.29 is 17.9 Å². The number of rotatable bonds is 6. The largest absolute Gasteiger partial charge is 0.358 e. The minimum Gasteiger partial charge on any atom is -0.358 e. The van der Waals surface area contributed by atoms with Gasteiger partial charge < -0.3 is 4.74 Å². The fraction of sp³-hybridized carbons (Fsp3) is 0.188. The molecular formula is C16H16O4S. The lowest BCUT2D eigenvalue weighted by molar-refractivity contribution is -0.123. The first-order chi connectivity index (χ1) is 10.1. The van der Waals surface area contributed by atoms with Crippen LogP contribution in [-0.4, -0.2) is 26.7 Å². The van der Waals surface area contributed by atoms with Crippen molar-refractivity contribution in [2.75, 3.05) is 7.11 Å². The van der Waals surface area contributed by atoms with E-state index >= 15 is 0 Å². The molecule has 0 N–H and O–H groups in total. The number of hydrogen-bond donors (Lipinski definition) is 0. The second-order valence-corrected chi connectivity index (χ2v) is 6.54. The summed E-state index contributed by atoms with van der Waals surface area (Å²) in [7, 11) is -2.61. The first-order valence-corrected chi connectivity index (χ1v) is 7.98. The van der Waals surface area contributed by atoms with Crippen molar-refractivity contribution in [1.29, 1.82) is 0 Å². The lowest BCUT2D eigenvalue weighted by Crippen LogP contribution is -2.33. The van der Waals surface area contributed by atoms with Gasteiger partial charge in [0.1, 0.15) is 0 Å². The van der Waals surface area contributed by atoms with Gasteiger partial charge in [-0.1, -0.05) is 48.5 Å². The summed E-state index contributed by atoms with van der Waals surface area (Å²) in [6, 6.07) is 16.8. The lowest BCUT2D eigenvalue weighted by atomic mass is 10.1. The number of Topliss-reactive ketones (excluding diaryl/α,β-unsaturated/α-hetero) is 1. The summed E-state index contributed by atoms with van der Waals surface area (Å²) in [4.78, 5) is 12.3. The number of benzene rings is 2. The monoisotopic (exact) mass is 304 g/mol. The molecular weight excluding hydrogens is 288 g/mol. The van der Waals surface area contributed by atoms with E-state index in [9.17, 15) is 13.2 Å². The number of ketones is 1. The third kappa shape index (κ3) is 3.56. The molecule has 0 bridgehead atoms. The van der Waals surface area contributed by atoms with Crippen LogP contribution in [0.4, 0.5) is 0 Å². The lowest BCUT2D eigenvalue weighted by Gasteiger charge is -2.15. The van der Waals surface area contributed by atoms with Crippen molar-refractivity contribution in [2.45, 2.75) is 16.8 Å². The quantitative estimate of drug-likeness (QED) is 0.821. The van der Waals surface area contributed by atoms with E-state index < -0.39 is 21.1 Å². The molecule has 0 saturated carbocycles. The predicted octanol–water partition coefficient (Wildman–Crippen LogP) is 2.24. The summed E-state index contributed by atoms with van der Waals surface area (Å²) in [5, 5.41) is 0. The Morgan fingerprint density at radius 3 is 2.05 bits per heavy atom. The van der Waals surface area contributed by atoms with Gasteiger partial charge in [-0.05, 0) is 17.7 Å². The maximum atomic E-state index is 12.4. The van der Waals surface area contributed by atoms with E-state index in [1.54, 1.807) is 42.5 Å². The van der Waals surface area contributed by atoms with E-state index in [-0.39, 0.29) is 11.3 Å². The molecule has 0 aliphatic carbocycles. The van der Waals surface area contributed by atoms with Crippen LogP contribution in [0.2, 0.25) is 0 Å². The molecule has 21 heavy (non-hydrogen) atoms. The molecule has 0 fully saturated rings. The Labute approximate surface area is 124 Å². The van der Waals surface area contributed by atoms with Crippen molar-refractivity contribution in [1.82, 2.24) is 0 Å². The standard InChI is InChI=1S/C16H16O4S/c1-20-16(15(17)12-13-8-4-2-5-9-13)21(18,19)14-10-6-3-7-11-14/h2-11,16H,12H2,1H3. The van der Waals surface area contributed by atoms with E-state index in [4.69, 9.17) is 4.74 Å².